The molecule has 0 fully saturated rings. The summed E-state index contributed by atoms with van der Waals surface area (Å²) < 4.78 is 28.8. The monoisotopic (exact) mass is 294 g/mol. The highest BCUT2D eigenvalue weighted by Crippen LogP contribution is 2.15. The minimum absolute atomic E-state index is 0.275. The first-order valence-electron chi connectivity index (χ1n) is 6.30. The van der Waals surface area contributed by atoms with Crippen LogP contribution < -0.4 is 4.72 Å². The van der Waals surface area contributed by atoms with E-state index in [1.807, 2.05) is 19.9 Å². The smallest absolute Gasteiger partial charge is 0.240 e. The Hall–Kier alpha value is -1.73. The number of hydrogen-bond acceptors (Lipinski definition) is 4. The molecular weight excluding hydrogens is 276 g/mol. The first-order chi connectivity index (χ1) is 9.38. The van der Waals surface area contributed by atoms with Gasteiger partial charge in [0.15, 0.2) is 0 Å². The molecule has 1 aromatic heterocycles. The molecular formula is C13H18N4O2S. The van der Waals surface area contributed by atoms with Crippen LogP contribution in [-0.2, 0) is 16.6 Å². The molecule has 108 valence electrons. The summed E-state index contributed by atoms with van der Waals surface area (Å²) in [4.78, 5) is 4.11. The summed E-state index contributed by atoms with van der Waals surface area (Å²) in [6, 6.07) is 4.84. The highest BCUT2D eigenvalue weighted by atomic mass is 32.2. The Kier molecular flexibility index (Phi) is 4.20. The number of aryl methyl sites for hydroxylation is 2. The minimum Gasteiger partial charge on any atom is -0.251 e. The maximum Gasteiger partial charge on any atom is 0.240 e. The van der Waals surface area contributed by atoms with Crippen LogP contribution in [-0.4, -0.2) is 29.2 Å². The second-order valence-corrected chi connectivity index (χ2v) is 6.60. The molecule has 0 saturated heterocycles. The first-order valence-corrected chi connectivity index (χ1v) is 7.79. The molecule has 1 N–H and O–H groups in total. The Balaban J connectivity index is 2.12. The highest BCUT2D eigenvalue weighted by Gasteiger charge is 2.18. The molecule has 2 aromatic rings. The summed E-state index contributed by atoms with van der Waals surface area (Å²) in [6.45, 7) is 6.07. The average Bonchev–Trinajstić information content (AvgIpc) is 2.84. The van der Waals surface area contributed by atoms with Crippen LogP contribution in [0, 0.1) is 13.8 Å². The van der Waals surface area contributed by atoms with Crippen molar-refractivity contribution < 1.29 is 8.42 Å². The maximum atomic E-state index is 12.3. The number of rotatable bonds is 5. The van der Waals surface area contributed by atoms with Gasteiger partial charge in [0.1, 0.15) is 12.7 Å². The molecule has 0 bridgehead atoms. The molecule has 0 spiro atoms. The van der Waals surface area contributed by atoms with Crippen molar-refractivity contribution in [3.05, 3.63) is 42.0 Å². The number of aromatic nitrogens is 3. The largest absolute Gasteiger partial charge is 0.251 e. The lowest BCUT2D eigenvalue weighted by atomic mass is 10.1. The molecule has 1 heterocycles. The number of benzene rings is 1. The van der Waals surface area contributed by atoms with E-state index < -0.39 is 10.0 Å². The fourth-order valence-corrected chi connectivity index (χ4v) is 3.18. The van der Waals surface area contributed by atoms with E-state index in [0.29, 0.717) is 6.54 Å². The summed E-state index contributed by atoms with van der Waals surface area (Å²) >= 11 is 0. The predicted octanol–water partition coefficient (Wildman–Crippen LogP) is 1.26. The average molecular weight is 294 g/mol. The molecule has 0 aliphatic rings. The molecule has 7 heteroatoms. The molecule has 2 rings (SSSR count). The zero-order chi connectivity index (χ0) is 14.8. The number of hydrogen-bond donors (Lipinski definition) is 1. The zero-order valence-corrected chi connectivity index (χ0v) is 12.6. The number of nitrogens with zero attached hydrogens (tertiary/aromatic N) is 3. The van der Waals surface area contributed by atoms with Crippen LogP contribution in [0.25, 0.3) is 0 Å². The van der Waals surface area contributed by atoms with Gasteiger partial charge in [0.05, 0.1) is 11.4 Å². The summed E-state index contributed by atoms with van der Waals surface area (Å²) in [6.07, 6.45) is 2.98. The standard InChI is InChI=1S/C13H18N4O2S/c1-10-4-5-13(6-11(10)2)20(18,19)16-12(3)7-17-9-14-8-15-17/h4-6,8-9,12,16H,7H2,1-3H3/t12-/m0/s1. The lowest BCUT2D eigenvalue weighted by Crippen LogP contribution is -2.35. The van der Waals surface area contributed by atoms with Gasteiger partial charge in [0, 0.05) is 6.04 Å². The van der Waals surface area contributed by atoms with Gasteiger partial charge in [-0.15, -0.1) is 0 Å². The highest BCUT2D eigenvalue weighted by molar-refractivity contribution is 7.89. The Labute approximate surface area is 118 Å². The molecule has 6 nitrogen and oxygen atoms in total. The van der Waals surface area contributed by atoms with Gasteiger partial charge in [-0.2, -0.15) is 5.10 Å². The molecule has 0 unspecified atom stereocenters. The van der Waals surface area contributed by atoms with E-state index in [-0.39, 0.29) is 10.9 Å². The third kappa shape index (κ3) is 3.43. The van der Waals surface area contributed by atoms with Crippen LogP contribution >= 0.6 is 0 Å². The van der Waals surface area contributed by atoms with Crippen molar-refractivity contribution in [3.63, 3.8) is 0 Å². The van der Waals surface area contributed by atoms with Crippen LogP contribution in [0.4, 0.5) is 0 Å². The van der Waals surface area contributed by atoms with Crippen LogP contribution in [0.1, 0.15) is 18.1 Å². The SMILES string of the molecule is Cc1ccc(S(=O)(=O)N[C@@H](C)Cn2cncn2)cc1C. The first kappa shape index (κ1) is 14.7. The van der Waals surface area contributed by atoms with Gasteiger partial charge < -0.3 is 0 Å². The minimum atomic E-state index is -3.51. The van der Waals surface area contributed by atoms with Crippen LogP contribution in [0.5, 0.6) is 0 Å². The van der Waals surface area contributed by atoms with Crippen molar-refractivity contribution in [1.29, 1.82) is 0 Å². The van der Waals surface area contributed by atoms with Crippen molar-refractivity contribution in [2.45, 2.75) is 38.3 Å². The Morgan fingerprint density at radius 2 is 2.05 bits per heavy atom. The topological polar surface area (TPSA) is 76.9 Å². The maximum absolute atomic E-state index is 12.3. The molecule has 1 atom stereocenters. The second-order valence-electron chi connectivity index (χ2n) is 4.89. The Morgan fingerprint density at radius 1 is 1.30 bits per heavy atom. The predicted molar refractivity (Wildman–Crippen MR) is 75.7 cm³/mol. The lowest BCUT2D eigenvalue weighted by molar-refractivity contribution is 0.493. The van der Waals surface area contributed by atoms with E-state index in [1.165, 1.54) is 6.33 Å². The van der Waals surface area contributed by atoms with E-state index in [1.54, 1.807) is 30.1 Å². The van der Waals surface area contributed by atoms with E-state index >= 15 is 0 Å². The van der Waals surface area contributed by atoms with Gasteiger partial charge >= 0.3 is 0 Å². The molecule has 0 radical (unpaired) electrons. The van der Waals surface area contributed by atoms with Gasteiger partial charge in [-0.25, -0.2) is 18.1 Å². The lowest BCUT2D eigenvalue weighted by Gasteiger charge is -2.14. The molecule has 0 aliphatic heterocycles. The molecule has 0 amide bonds. The molecule has 0 aliphatic carbocycles. The fraction of sp³-hybridized carbons (Fsp3) is 0.385. The third-order valence-electron chi connectivity index (χ3n) is 3.07. The Bertz CT molecular complexity index is 680. The number of sulfonamides is 1. The van der Waals surface area contributed by atoms with E-state index in [4.69, 9.17) is 0 Å². The van der Waals surface area contributed by atoms with E-state index in [9.17, 15) is 8.42 Å². The summed E-state index contributed by atoms with van der Waals surface area (Å²) in [7, 11) is -3.51. The summed E-state index contributed by atoms with van der Waals surface area (Å²) in [5.74, 6) is 0. The normalized spacial score (nSPS) is 13.3. The van der Waals surface area contributed by atoms with E-state index in [2.05, 4.69) is 14.8 Å². The van der Waals surface area contributed by atoms with Crippen molar-refractivity contribution in [1.82, 2.24) is 19.5 Å². The molecule has 20 heavy (non-hydrogen) atoms. The summed E-state index contributed by atoms with van der Waals surface area (Å²) in [5.41, 5.74) is 2.02. The van der Waals surface area contributed by atoms with Gasteiger partial charge in [-0.1, -0.05) is 6.07 Å². The van der Waals surface area contributed by atoms with Crippen molar-refractivity contribution in [2.24, 2.45) is 0 Å². The third-order valence-corrected chi connectivity index (χ3v) is 4.66. The van der Waals surface area contributed by atoms with Crippen LogP contribution in [0.15, 0.2) is 35.7 Å². The van der Waals surface area contributed by atoms with Gasteiger partial charge in [-0.3, -0.25) is 4.68 Å². The van der Waals surface area contributed by atoms with Crippen LogP contribution in [0.3, 0.4) is 0 Å². The van der Waals surface area contributed by atoms with Crippen molar-refractivity contribution in [3.8, 4) is 0 Å². The number of nitrogens with one attached hydrogen (secondary N) is 1. The van der Waals surface area contributed by atoms with Gasteiger partial charge in [-0.05, 0) is 44.0 Å². The van der Waals surface area contributed by atoms with Gasteiger partial charge in [0.25, 0.3) is 0 Å². The van der Waals surface area contributed by atoms with Gasteiger partial charge in [0.2, 0.25) is 10.0 Å². The van der Waals surface area contributed by atoms with Crippen molar-refractivity contribution in [2.75, 3.05) is 0 Å². The van der Waals surface area contributed by atoms with E-state index in [0.717, 1.165) is 11.1 Å². The molecule has 0 saturated carbocycles. The second kappa shape index (κ2) is 5.72. The molecule has 1 aromatic carbocycles. The van der Waals surface area contributed by atoms with Crippen molar-refractivity contribution >= 4 is 10.0 Å². The summed E-state index contributed by atoms with van der Waals surface area (Å²) in [5, 5.41) is 3.96. The van der Waals surface area contributed by atoms with Crippen LogP contribution in [0.2, 0.25) is 0 Å². The quantitative estimate of drug-likeness (QED) is 0.900. The Morgan fingerprint density at radius 3 is 2.65 bits per heavy atom. The fourth-order valence-electron chi connectivity index (χ4n) is 1.86. The zero-order valence-electron chi connectivity index (χ0n) is 11.7.